The SMILES string of the molecule is COC(=O)C(C)(C)SC(=S)c1ccc[nH]1. The van der Waals surface area contributed by atoms with Crippen molar-refractivity contribution in [3.8, 4) is 0 Å². The molecular weight excluding hydrogens is 230 g/mol. The van der Waals surface area contributed by atoms with Crippen LogP contribution in [0.3, 0.4) is 0 Å². The normalized spacial score (nSPS) is 11.1. The second-order valence-electron chi connectivity index (χ2n) is 3.48. The average molecular weight is 243 g/mol. The third kappa shape index (κ3) is 3.07. The van der Waals surface area contributed by atoms with E-state index in [4.69, 9.17) is 17.0 Å². The summed E-state index contributed by atoms with van der Waals surface area (Å²) in [7, 11) is 1.38. The third-order valence-corrected chi connectivity index (χ3v) is 3.39. The van der Waals surface area contributed by atoms with Crippen LogP contribution < -0.4 is 0 Å². The van der Waals surface area contributed by atoms with Crippen LogP contribution in [0.5, 0.6) is 0 Å². The number of methoxy groups -OCH3 is 1. The number of ether oxygens (including phenoxy) is 1. The van der Waals surface area contributed by atoms with Gasteiger partial charge in [-0.3, -0.25) is 4.79 Å². The van der Waals surface area contributed by atoms with E-state index in [9.17, 15) is 4.79 Å². The molecule has 82 valence electrons. The fourth-order valence-electron chi connectivity index (χ4n) is 1.03. The van der Waals surface area contributed by atoms with E-state index in [0.29, 0.717) is 4.20 Å². The standard InChI is InChI=1S/C10H13NO2S2/c1-10(2,9(12)13-3)15-8(14)7-5-4-6-11-7/h4-6,11H,1-3H3. The molecule has 5 heteroatoms. The van der Waals surface area contributed by atoms with E-state index in [2.05, 4.69) is 4.98 Å². The highest BCUT2D eigenvalue weighted by Gasteiger charge is 2.31. The number of aromatic nitrogens is 1. The van der Waals surface area contributed by atoms with Gasteiger partial charge in [0.15, 0.2) is 0 Å². The maximum Gasteiger partial charge on any atom is 0.321 e. The zero-order valence-electron chi connectivity index (χ0n) is 8.87. The van der Waals surface area contributed by atoms with Gasteiger partial charge in [0.25, 0.3) is 0 Å². The van der Waals surface area contributed by atoms with Gasteiger partial charge in [-0.2, -0.15) is 0 Å². The Bertz CT molecular complexity index is 358. The van der Waals surface area contributed by atoms with Crippen molar-refractivity contribution in [1.82, 2.24) is 4.98 Å². The minimum absolute atomic E-state index is 0.276. The van der Waals surface area contributed by atoms with Gasteiger partial charge in [-0.05, 0) is 26.0 Å². The summed E-state index contributed by atoms with van der Waals surface area (Å²) in [5.74, 6) is -0.276. The Balaban J connectivity index is 2.70. The number of H-pyrrole nitrogens is 1. The van der Waals surface area contributed by atoms with Crippen molar-refractivity contribution < 1.29 is 9.53 Å². The number of thioether (sulfide) groups is 1. The van der Waals surface area contributed by atoms with Crippen molar-refractivity contribution in [2.45, 2.75) is 18.6 Å². The summed E-state index contributed by atoms with van der Waals surface area (Å²) < 4.78 is 4.71. The first-order valence-corrected chi connectivity index (χ1v) is 5.65. The Kier molecular flexibility index (Phi) is 3.93. The molecule has 1 N–H and O–H groups in total. The molecule has 0 aliphatic carbocycles. The van der Waals surface area contributed by atoms with E-state index in [1.165, 1.54) is 18.9 Å². The van der Waals surface area contributed by atoms with Crippen LogP contribution in [-0.2, 0) is 9.53 Å². The number of hydrogen-bond acceptors (Lipinski definition) is 4. The quantitative estimate of drug-likeness (QED) is 0.654. The Morgan fingerprint density at radius 3 is 2.73 bits per heavy atom. The predicted octanol–water partition coefficient (Wildman–Crippen LogP) is 2.38. The highest BCUT2D eigenvalue weighted by molar-refractivity contribution is 8.24. The monoisotopic (exact) mass is 243 g/mol. The number of aromatic amines is 1. The third-order valence-electron chi connectivity index (χ3n) is 1.84. The van der Waals surface area contributed by atoms with Crippen molar-refractivity contribution in [2.24, 2.45) is 0 Å². The fraction of sp³-hybridized carbons (Fsp3) is 0.400. The lowest BCUT2D eigenvalue weighted by molar-refractivity contribution is -0.142. The molecule has 1 aromatic heterocycles. The van der Waals surface area contributed by atoms with Gasteiger partial charge in [-0.25, -0.2) is 0 Å². The molecule has 0 radical (unpaired) electrons. The number of thiocarbonyl (C=S) groups is 1. The van der Waals surface area contributed by atoms with Crippen molar-refractivity contribution in [1.29, 1.82) is 0 Å². The van der Waals surface area contributed by atoms with Crippen molar-refractivity contribution in [3.05, 3.63) is 24.0 Å². The van der Waals surface area contributed by atoms with E-state index in [1.54, 1.807) is 20.0 Å². The minimum Gasteiger partial charge on any atom is -0.468 e. The summed E-state index contributed by atoms with van der Waals surface area (Å²) in [6.45, 7) is 3.58. The number of nitrogens with one attached hydrogen (secondary N) is 1. The highest BCUT2D eigenvalue weighted by atomic mass is 32.2. The lowest BCUT2D eigenvalue weighted by Gasteiger charge is -2.20. The molecule has 3 nitrogen and oxygen atoms in total. The van der Waals surface area contributed by atoms with Gasteiger partial charge in [0.2, 0.25) is 0 Å². The minimum atomic E-state index is -0.656. The second kappa shape index (κ2) is 4.81. The van der Waals surface area contributed by atoms with E-state index in [1.807, 2.05) is 12.1 Å². The van der Waals surface area contributed by atoms with Crippen LogP contribution in [-0.4, -0.2) is 27.0 Å². The number of carbonyl (C=O) groups is 1. The van der Waals surface area contributed by atoms with Gasteiger partial charge in [-0.1, -0.05) is 24.0 Å². The maximum absolute atomic E-state index is 11.4. The first-order chi connectivity index (χ1) is 6.97. The Morgan fingerprint density at radius 2 is 2.27 bits per heavy atom. The van der Waals surface area contributed by atoms with Crippen molar-refractivity contribution >= 4 is 34.1 Å². The molecule has 0 unspecified atom stereocenters. The van der Waals surface area contributed by atoms with E-state index >= 15 is 0 Å². The molecule has 0 aromatic carbocycles. The smallest absolute Gasteiger partial charge is 0.321 e. The van der Waals surface area contributed by atoms with E-state index in [-0.39, 0.29) is 5.97 Å². The Morgan fingerprint density at radius 1 is 1.60 bits per heavy atom. The van der Waals surface area contributed by atoms with Gasteiger partial charge < -0.3 is 9.72 Å². The lowest BCUT2D eigenvalue weighted by Crippen LogP contribution is -2.30. The van der Waals surface area contributed by atoms with Crippen LogP contribution in [0.15, 0.2) is 18.3 Å². The van der Waals surface area contributed by atoms with Crippen LogP contribution in [0.1, 0.15) is 19.5 Å². The fourth-order valence-corrected chi connectivity index (χ4v) is 2.65. The molecule has 0 atom stereocenters. The van der Waals surface area contributed by atoms with Crippen LogP contribution in [0.2, 0.25) is 0 Å². The molecule has 0 aliphatic rings. The summed E-state index contributed by atoms with van der Waals surface area (Å²) in [4.78, 5) is 14.4. The van der Waals surface area contributed by atoms with Gasteiger partial charge >= 0.3 is 5.97 Å². The molecule has 0 saturated heterocycles. The molecule has 0 amide bonds. The summed E-state index contributed by atoms with van der Waals surface area (Å²) in [5.41, 5.74) is 0.854. The van der Waals surface area contributed by atoms with E-state index < -0.39 is 4.75 Å². The van der Waals surface area contributed by atoms with Crippen LogP contribution in [0.4, 0.5) is 0 Å². The molecule has 0 aliphatic heterocycles. The molecule has 0 spiro atoms. The van der Waals surface area contributed by atoms with Crippen molar-refractivity contribution in [3.63, 3.8) is 0 Å². The van der Waals surface area contributed by atoms with E-state index in [0.717, 1.165) is 5.69 Å². The average Bonchev–Trinajstić information content (AvgIpc) is 2.68. The Hall–Kier alpha value is -0.810. The summed E-state index contributed by atoms with van der Waals surface area (Å²) in [5, 5.41) is 0. The van der Waals surface area contributed by atoms with Crippen LogP contribution in [0.25, 0.3) is 0 Å². The number of hydrogen-bond donors (Lipinski definition) is 1. The summed E-state index contributed by atoms with van der Waals surface area (Å²) in [6, 6.07) is 3.75. The number of carbonyl (C=O) groups excluding carboxylic acids is 1. The summed E-state index contributed by atoms with van der Waals surface area (Å²) >= 11 is 6.53. The zero-order valence-corrected chi connectivity index (χ0v) is 10.5. The van der Waals surface area contributed by atoms with Crippen LogP contribution >= 0.6 is 24.0 Å². The highest BCUT2D eigenvalue weighted by Crippen LogP contribution is 2.29. The summed E-state index contributed by atoms with van der Waals surface area (Å²) in [6.07, 6.45) is 1.80. The molecule has 0 saturated carbocycles. The molecule has 1 heterocycles. The first kappa shape index (κ1) is 12.3. The lowest BCUT2D eigenvalue weighted by atomic mass is 10.2. The number of esters is 1. The molecule has 1 rings (SSSR count). The second-order valence-corrected chi connectivity index (χ2v) is 5.77. The first-order valence-electron chi connectivity index (χ1n) is 4.42. The van der Waals surface area contributed by atoms with Gasteiger partial charge in [0, 0.05) is 6.20 Å². The zero-order chi connectivity index (χ0) is 11.5. The van der Waals surface area contributed by atoms with Crippen LogP contribution in [0, 0.1) is 0 Å². The predicted molar refractivity (Wildman–Crippen MR) is 66.2 cm³/mol. The topological polar surface area (TPSA) is 42.1 Å². The molecule has 0 bridgehead atoms. The number of rotatable bonds is 3. The van der Waals surface area contributed by atoms with Gasteiger partial charge in [-0.15, -0.1) is 0 Å². The van der Waals surface area contributed by atoms with Gasteiger partial charge in [0.1, 0.15) is 4.75 Å². The molecule has 1 aromatic rings. The largest absolute Gasteiger partial charge is 0.468 e. The van der Waals surface area contributed by atoms with Crippen molar-refractivity contribution in [2.75, 3.05) is 7.11 Å². The van der Waals surface area contributed by atoms with Gasteiger partial charge in [0.05, 0.1) is 17.0 Å². The maximum atomic E-state index is 11.4. The Labute approximate surface area is 98.6 Å². The molecule has 15 heavy (non-hydrogen) atoms. The molecular formula is C10H13NO2S2. The molecule has 0 fully saturated rings.